The molecule has 7 nitrogen and oxygen atoms in total. The van der Waals surface area contributed by atoms with Gasteiger partial charge in [-0.1, -0.05) is 11.6 Å². The summed E-state index contributed by atoms with van der Waals surface area (Å²) in [5.41, 5.74) is 2.39. The second-order valence-electron chi connectivity index (χ2n) is 5.48. The zero-order valence-corrected chi connectivity index (χ0v) is 14.5. The first-order valence-corrected chi connectivity index (χ1v) is 7.91. The summed E-state index contributed by atoms with van der Waals surface area (Å²) in [6.45, 7) is 3.68. The monoisotopic (exact) mass is 357 g/mol. The molecule has 25 heavy (non-hydrogen) atoms. The van der Waals surface area contributed by atoms with E-state index in [1.165, 1.54) is 0 Å². The molecule has 0 aliphatic carbocycles. The number of aromatic nitrogens is 4. The van der Waals surface area contributed by atoms with Gasteiger partial charge >= 0.3 is 0 Å². The number of rotatable bonds is 5. The van der Waals surface area contributed by atoms with E-state index in [0.29, 0.717) is 22.3 Å². The summed E-state index contributed by atoms with van der Waals surface area (Å²) in [4.78, 5) is 16.3. The Morgan fingerprint density at radius 2 is 1.88 bits per heavy atom. The average Bonchev–Trinajstić information content (AvgIpc) is 3.13. The van der Waals surface area contributed by atoms with Crippen LogP contribution in [0.3, 0.4) is 0 Å². The van der Waals surface area contributed by atoms with Crippen molar-refractivity contribution in [3.8, 4) is 11.6 Å². The van der Waals surface area contributed by atoms with Crippen LogP contribution in [0.25, 0.3) is 5.82 Å². The zero-order valence-electron chi connectivity index (χ0n) is 13.7. The first-order chi connectivity index (χ1) is 12.0. The highest BCUT2D eigenvalue weighted by molar-refractivity contribution is 6.32. The van der Waals surface area contributed by atoms with Gasteiger partial charge in [0.15, 0.2) is 6.61 Å². The van der Waals surface area contributed by atoms with Gasteiger partial charge in [0, 0.05) is 5.02 Å². The van der Waals surface area contributed by atoms with E-state index in [0.717, 1.165) is 11.1 Å². The standard InChI is InChI=1S/C17H16ClN5O2/c1-11-5-14(6-12(2)17(11)18)25-8-16(24)22-13-3-4-15(19-7-13)23-9-20-21-10-23/h3-7,9-10H,8H2,1-2H3,(H,22,24). The summed E-state index contributed by atoms with van der Waals surface area (Å²) >= 11 is 6.12. The molecule has 1 N–H and O–H groups in total. The molecule has 3 rings (SSSR count). The van der Waals surface area contributed by atoms with Crippen molar-refractivity contribution in [2.75, 3.05) is 11.9 Å². The maximum absolute atomic E-state index is 12.0. The minimum atomic E-state index is -0.274. The van der Waals surface area contributed by atoms with Crippen molar-refractivity contribution in [2.45, 2.75) is 13.8 Å². The van der Waals surface area contributed by atoms with Gasteiger partial charge in [-0.2, -0.15) is 0 Å². The molecule has 0 unspecified atom stereocenters. The number of aryl methyl sites for hydroxylation is 2. The van der Waals surface area contributed by atoms with E-state index in [-0.39, 0.29) is 12.5 Å². The van der Waals surface area contributed by atoms with E-state index in [1.54, 1.807) is 47.7 Å². The Hall–Kier alpha value is -2.93. The molecule has 2 heterocycles. The molecule has 1 amide bonds. The largest absolute Gasteiger partial charge is 0.484 e. The van der Waals surface area contributed by atoms with Crippen LogP contribution in [0.15, 0.2) is 43.1 Å². The van der Waals surface area contributed by atoms with Gasteiger partial charge < -0.3 is 10.1 Å². The topological polar surface area (TPSA) is 81.9 Å². The lowest BCUT2D eigenvalue weighted by atomic mass is 10.1. The highest BCUT2D eigenvalue weighted by atomic mass is 35.5. The van der Waals surface area contributed by atoms with Crippen LogP contribution in [0.5, 0.6) is 5.75 Å². The number of nitrogens with one attached hydrogen (secondary N) is 1. The van der Waals surface area contributed by atoms with Crippen molar-refractivity contribution >= 4 is 23.2 Å². The summed E-state index contributed by atoms with van der Waals surface area (Å²) in [5, 5.41) is 10.9. The molecule has 0 aliphatic heterocycles. The lowest BCUT2D eigenvalue weighted by molar-refractivity contribution is -0.118. The minimum absolute atomic E-state index is 0.103. The number of pyridine rings is 1. The average molecular weight is 358 g/mol. The number of anilines is 1. The first kappa shape index (κ1) is 16.9. The summed E-state index contributed by atoms with van der Waals surface area (Å²) < 4.78 is 7.19. The highest BCUT2D eigenvalue weighted by Crippen LogP contribution is 2.25. The molecule has 0 saturated carbocycles. The smallest absolute Gasteiger partial charge is 0.262 e. The zero-order chi connectivity index (χ0) is 17.8. The Labute approximate surface area is 149 Å². The van der Waals surface area contributed by atoms with Crippen LogP contribution < -0.4 is 10.1 Å². The number of carbonyl (C=O) groups is 1. The van der Waals surface area contributed by atoms with Gasteiger partial charge in [-0.25, -0.2) is 4.98 Å². The van der Waals surface area contributed by atoms with Gasteiger partial charge in [0.25, 0.3) is 5.91 Å². The Morgan fingerprint density at radius 3 is 2.48 bits per heavy atom. The Bertz CT molecular complexity index is 856. The van der Waals surface area contributed by atoms with Crippen molar-refractivity contribution in [1.29, 1.82) is 0 Å². The van der Waals surface area contributed by atoms with E-state index in [4.69, 9.17) is 16.3 Å². The molecule has 0 spiro atoms. The highest BCUT2D eigenvalue weighted by Gasteiger charge is 2.07. The number of hydrogen-bond donors (Lipinski definition) is 1. The molecule has 3 aromatic rings. The molecule has 8 heteroatoms. The van der Waals surface area contributed by atoms with Crippen LogP contribution in [-0.2, 0) is 4.79 Å². The molecule has 1 aromatic carbocycles. The lowest BCUT2D eigenvalue weighted by Crippen LogP contribution is -2.20. The van der Waals surface area contributed by atoms with E-state index < -0.39 is 0 Å². The number of benzene rings is 1. The quantitative estimate of drug-likeness (QED) is 0.759. The molecule has 0 aliphatic rings. The molecule has 0 fully saturated rings. The summed E-state index contributed by atoms with van der Waals surface area (Å²) in [6, 6.07) is 7.11. The van der Waals surface area contributed by atoms with E-state index in [1.807, 2.05) is 13.8 Å². The van der Waals surface area contributed by atoms with Gasteiger partial charge in [0.05, 0.1) is 11.9 Å². The molecular weight excluding hydrogens is 342 g/mol. The molecule has 0 atom stereocenters. The predicted octanol–water partition coefficient (Wildman–Crippen LogP) is 2.95. The van der Waals surface area contributed by atoms with Gasteiger partial charge in [-0.05, 0) is 49.2 Å². The van der Waals surface area contributed by atoms with Crippen LogP contribution in [0, 0.1) is 13.8 Å². The normalized spacial score (nSPS) is 10.5. The van der Waals surface area contributed by atoms with Crippen molar-refractivity contribution in [3.05, 3.63) is 59.3 Å². The van der Waals surface area contributed by atoms with Gasteiger partial charge in [-0.15, -0.1) is 10.2 Å². The lowest BCUT2D eigenvalue weighted by Gasteiger charge is -2.10. The molecule has 0 saturated heterocycles. The van der Waals surface area contributed by atoms with Crippen molar-refractivity contribution in [3.63, 3.8) is 0 Å². The number of hydrogen-bond acceptors (Lipinski definition) is 5. The Kier molecular flexibility index (Phi) is 4.95. The second kappa shape index (κ2) is 7.31. The van der Waals surface area contributed by atoms with Gasteiger partial charge in [-0.3, -0.25) is 9.36 Å². The molecule has 0 radical (unpaired) electrons. The number of halogens is 1. The number of amides is 1. The maximum Gasteiger partial charge on any atom is 0.262 e. The second-order valence-corrected chi connectivity index (χ2v) is 5.86. The van der Waals surface area contributed by atoms with E-state index in [9.17, 15) is 4.79 Å². The van der Waals surface area contributed by atoms with Crippen LogP contribution in [0.2, 0.25) is 5.02 Å². The van der Waals surface area contributed by atoms with E-state index in [2.05, 4.69) is 20.5 Å². The fourth-order valence-corrected chi connectivity index (χ4v) is 2.38. The molecule has 0 bridgehead atoms. The third-order valence-electron chi connectivity index (χ3n) is 3.49. The molecule has 128 valence electrons. The van der Waals surface area contributed by atoms with Crippen molar-refractivity contribution in [2.24, 2.45) is 0 Å². The number of ether oxygens (including phenoxy) is 1. The fraction of sp³-hybridized carbons (Fsp3) is 0.176. The Morgan fingerprint density at radius 1 is 1.20 bits per heavy atom. The van der Waals surface area contributed by atoms with Crippen molar-refractivity contribution < 1.29 is 9.53 Å². The predicted molar refractivity (Wildman–Crippen MR) is 94.2 cm³/mol. The number of carbonyl (C=O) groups excluding carboxylic acids is 1. The fourth-order valence-electron chi connectivity index (χ4n) is 2.27. The van der Waals surface area contributed by atoms with E-state index >= 15 is 0 Å². The molecular formula is C17H16ClN5O2. The van der Waals surface area contributed by atoms with Gasteiger partial charge in [0.2, 0.25) is 0 Å². The summed E-state index contributed by atoms with van der Waals surface area (Å²) in [7, 11) is 0. The minimum Gasteiger partial charge on any atom is -0.484 e. The van der Waals surface area contributed by atoms with Crippen LogP contribution in [0.4, 0.5) is 5.69 Å². The maximum atomic E-state index is 12.0. The first-order valence-electron chi connectivity index (χ1n) is 7.53. The van der Waals surface area contributed by atoms with Crippen LogP contribution in [0.1, 0.15) is 11.1 Å². The van der Waals surface area contributed by atoms with Crippen LogP contribution >= 0.6 is 11.6 Å². The van der Waals surface area contributed by atoms with Crippen molar-refractivity contribution in [1.82, 2.24) is 19.7 Å². The summed E-state index contributed by atoms with van der Waals surface area (Å²) in [5.74, 6) is 0.992. The summed E-state index contributed by atoms with van der Waals surface area (Å²) in [6.07, 6.45) is 4.65. The van der Waals surface area contributed by atoms with Crippen LogP contribution in [-0.4, -0.2) is 32.3 Å². The molecule has 2 aromatic heterocycles. The Balaban J connectivity index is 1.57. The third kappa shape index (κ3) is 4.13. The SMILES string of the molecule is Cc1cc(OCC(=O)Nc2ccc(-n3cnnc3)nc2)cc(C)c1Cl. The third-order valence-corrected chi connectivity index (χ3v) is 4.09. The van der Waals surface area contributed by atoms with Gasteiger partial charge in [0.1, 0.15) is 24.2 Å². The number of nitrogens with zero attached hydrogens (tertiary/aromatic N) is 4.